The number of benzene rings is 2. The van der Waals surface area contributed by atoms with Crippen molar-refractivity contribution in [2.24, 2.45) is 0 Å². The molecule has 2 aromatic carbocycles. The minimum absolute atomic E-state index is 0.290. The summed E-state index contributed by atoms with van der Waals surface area (Å²) < 4.78 is 21.7. The van der Waals surface area contributed by atoms with Crippen LogP contribution >= 0.6 is 0 Å². The molecule has 2 amide bonds. The Labute approximate surface area is 201 Å². The van der Waals surface area contributed by atoms with Gasteiger partial charge < -0.3 is 34.6 Å². The zero-order valence-electron chi connectivity index (χ0n) is 19.6. The third kappa shape index (κ3) is 4.67. The van der Waals surface area contributed by atoms with Crippen molar-refractivity contribution in [1.82, 2.24) is 9.97 Å². The number of nitrogens with one attached hydrogen (secondary N) is 3. The number of anilines is 2. The van der Waals surface area contributed by atoms with Crippen molar-refractivity contribution in [3.05, 3.63) is 66.1 Å². The first kappa shape index (κ1) is 23.4. The quantitative estimate of drug-likeness (QED) is 0.350. The molecule has 0 aliphatic rings. The Bertz CT molecular complexity index is 1380. The second kappa shape index (κ2) is 10.0. The number of rotatable bonds is 8. The largest absolute Gasteiger partial charge is 0.496 e. The first-order valence-corrected chi connectivity index (χ1v) is 10.5. The van der Waals surface area contributed by atoms with Crippen molar-refractivity contribution in [2.45, 2.75) is 0 Å². The molecule has 0 bridgehead atoms. The van der Waals surface area contributed by atoms with Gasteiger partial charge in [-0.3, -0.25) is 14.6 Å². The van der Waals surface area contributed by atoms with Crippen LogP contribution in [0.2, 0.25) is 0 Å². The number of hydrogen-bond donors (Lipinski definition) is 3. The van der Waals surface area contributed by atoms with Gasteiger partial charge in [-0.2, -0.15) is 0 Å². The Morgan fingerprint density at radius 1 is 0.829 bits per heavy atom. The summed E-state index contributed by atoms with van der Waals surface area (Å²) in [4.78, 5) is 32.5. The van der Waals surface area contributed by atoms with Crippen LogP contribution in [0.25, 0.3) is 10.9 Å². The lowest BCUT2D eigenvalue weighted by molar-refractivity contribution is 0.101. The number of methoxy groups -OCH3 is 4. The van der Waals surface area contributed by atoms with Crippen LogP contribution in [0.5, 0.6) is 23.0 Å². The number of aromatic nitrogens is 2. The second-order valence-electron chi connectivity index (χ2n) is 7.35. The maximum Gasteiger partial charge on any atom is 0.272 e. The summed E-state index contributed by atoms with van der Waals surface area (Å²) in [5, 5.41) is 6.27. The van der Waals surface area contributed by atoms with Crippen molar-refractivity contribution in [3.63, 3.8) is 0 Å². The third-order valence-corrected chi connectivity index (χ3v) is 5.32. The van der Waals surface area contributed by atoms with Crippen molar-refractivity contribution in [3.8, 4) is 23.0 Å². The van der Waals surface area contributed by atoms with Crippen LogP contribution < -0.4 is 29.6 Å². The van der Waals surface area contributed by atoms with E-state index in [2.05, 4.69) is 20.6 Å². The van der Waals surface area contributed by atoms with Crippen LogP contribution in [0, 0.1) is 0 Å². The zero-order valence-corrected chi connectivity index (χ0v) is 19.6. The third-order valence-electron chi connectivity index (χ3n) is 5.32. The van der Waals surface area contributed by atoms with E-state index in [4.69, 9.17) is 18.9 Å². The van der Waals surface area contributed by atoms with Gasteiger partial charge in [-0.1, -0.05) is 0 Å². The fraction of sp³-hybridized carbons (Fsp3) is 0.160. The normalized spacial score (nSPS) is 10.5. The number of carbonyl (C=O) groups is 2. The molecule has 4 rings (SSSR count). The van der Waals surface area contributed by atoms with E-state index >= 15 is 0 Å². The van der Waals surface area contributed by atoms with Gasteiger partial charge in [0.2, 0.25) is 0 Å². The standard InChI is InChI=1S/C25H24N4O6/c1-32-19-12-21(34-3)23(35-4)22-16(19)11-18(28-22)25(31)27-15-7-8-17(20(10-15)33-2)29-24(30)14-6-5-9-26-13-14/h5-13,28H,1-4H3,(H,27,31)(H,29,30). The molecule has 180 valence electrons. The SMILES string of the molecule is COc1cc(NC(=O)c2cc3c(OC)cc(OC)c(OC)c3[nH]2)ccc1NC(=O)c1cccnc1. The predicted molar refractivity (Wildman–Crippen MR) is 131 cm³/mol. The highest BCUT2D eigenvalue weighted by Crippen LogP contribution is 2.41. The summed E-state index contributed by atoms with van der Waals surface area (Å²) in [7, 11) is 6.06. The van der Waals surface area contributed by atoms with Gasteiger partial charge in [-0.05, 0) is 30.3 Å². The molecule has 10 nitrogen and oxygen atoms in total. The van der Waals surface area contributed by atoms with Gasteiger partial charge in [0.15, 0.2) is 11.5 Å². The zero-order chi connectivity index (χ0) is 24.9. The molecule has 0 saturated heterocycles. The maximum absolute atomic E-state index is 13.0. The van der Waals surface area contributed by atoms with Crippen molar-refractivity contribution in [2.75, 3.05) is 39.1 Å². The lowest BCUT2D eigenvalue weighted by Crippen LogP contribution is -2.14. The highest BCUT2D eigenvalue weighted by molar-refractivity contribution is 6.08. The summed E-state index contributed by atoms with van der Waals surface area (Å²) in [5.74, 6) is 1.12. The molecule has 0 fully saturated rings. The van der Waals surface area contributed by atoms with Gasteiger partial charge in [0, 0.05) is 35.6 Å². The van der Waals surface area contributed by atoms with E-state index in [1.54, 1.807) is 48.7 Å². The first-order chi connectivity index (χ1) is 17.0. The number of nitrogens with zero attached hydrogens (tertiary/aromatic N) is 1. The van der Waals surface area contributed by atoms with Crippen molar-refractivity contribution in [1.29, 1.82) is 0 Å². The lowest BCUT2D eigenvalue weighted by atomic mass is 10.2. The number of fused-ring (bicyclic) bond motifs is 1. The summed E-state index contributed by atoms with van der Waals surface area (Å²) in [6, 6.07) is 11.6. The molecule has 2 aromatic heterocycles. The van der Waals surface area contributed by atoms with Crippen LogP contribution in [-0.4, -0.2) is 50.2 Å². The number of aromatic amines is 1. The molecule has 2 heterocycles. The highest BCUT2D eigenvalue weighted by Gasteiger charge is 2.20. The van der Waals surface area contributed by atoms with E-state index < -0.39 is 5.91 Å². The van der Waals surface area contributed by atoms with Gasteiger partial charge in [0.05, 0.1) is 45.2 Å². The fourth-order valence-electron chi connectivity index (χ4n) is 3.62. The first-order valence-electron chi connectivity index (χ1n) is 10.5. The van der Waals surface area contributed by atoms with Gasteiger partial charge in [0.1, 0.15) is 17.2 Å². The molecule has 3 N–H and O–H groups in total. The molecule has 10 heteroatoms. The van der Waals surface area contributed by atoms with E-state index in [-0.39, 0.29) is 11.6 Å². The molecule has 0 aliphatic heterocycles. The lowest BCUT2D eigenvalue weighted by Gasteiger charge is -2.12. The predicted octanol–water partition coefficient (Wildman–Crippen LogP) is 4.10. The van der Waals surface area contributed by atoms with E-state index in [1.165, 1.54) is 34.6 Å². The molecule has 0 atom stereocenters. The number of amides is 2. The fourth-order valence-corrected chi connectivity index (χ4v) is 3.62. The van der Waals surface area contributed by atoms with Crippen molar-refractivity contribution >= 4 is 34.1 Å². The molecule has 0 spiro atoms. The monoisotopic (exact) mass is 476 g/mol. The van der Waals surface area contributed by atoms with Crippen LogP contribution in [0.15, 0.2) is 54.9 Å². The molecule has 0 radical (unpaired) electrons. The van der Waals surface area contributed by atoms with Crippen LogP contribution in [0.3, 0.4) is 0 Å². The number of carbonyl (C=O) groups excluding carboxylic acids is 2. The highest BCUT2D eigenvalue weighted by atomic mass is 16.5. The van der Waals surface area contributed by atoms with E-state index in [0.29, 0.717) is 50.8 Å². The van der Waals surface area contributed by atoms with E-state index in [0.717, 1.165) is 0 Å². The number of ether oxygens (including phenoxy) is 4. The summed E-state index contributed by atoms with van der Waals surface area (Å²) >= 11 is 0. The number of hydrogen-bond acceptors (Lipinski definition) is 7. The Kier molecular flexibility index (Phi) is 6.72. The Morgan fingerprint density at radius 2 is 1.60 bits per heavy atom. The molecular formula is C25H24N4O6. The van der Waals surface area contributed by atoms with Crippen LogP contribution in [0.4, 0.5) is 11.4 Å². The van der Waals surface area contributed by atoms with Crippen molar-refractivity contribution < 1.29 is 28.5 Å². The average molecular weight is 476 g/mol. The van der Waals surface area contributed by atoms with E-state index in [1.807, 2.05) is 0 Å². The Hall–Kier alpha value is -4.73. The summed E-state index contributed by atoms with van der Waals surface area (Å²) in [5.41, 5.74) is 2.19. The molecule has 4 aromatic rings. The van der Waals surface area contributed by atoms with Gasteiger partial charge in [-0.25, -0.2) is 0 Å². The van der Waals surface area contributed by atoms with Gasteiger partial charge in [-0.15, -0.1) is 0 Å². The molecule has 0 unspecified atom stereocenters. The van der Waals surface area contributed by atoms with E-state index in [9.17, 15) is 9.59 Å². The van der Waals surface area contributed by atoms with Gasteiger partial charge >= 0.3 is 0 Å². The average Bonchev–Trinajstić information content (AvgIpc) is 3.34. The second-order valence-corrected chi connectivity index (χ2v) is 7.35. The van der Waals surface area contributed by atoms with Gasteiger partial charge in [0.25, 0.3) is 11.8 Å². The van der Waals surface area contributed by atoms with Crippen LogP contribution in [0.1, 0.15) is 20.8 Å². The molecule has 0 saturated carbocycles. The summed E-state index contributed by atoms with van der Waals surface area (Å²) in [6.07, 6.45) is 3.06. The summed E-state index contributed by atoms with van der Waals surface area (Å²) in [6.45, 7) is 0. The minimum Gasteiger partial charge on any atom is -0.496 e. The smallest absolute Gasteiger partial charge is 0.272 e. The maximum atomic E-state index is 13.0. The minimum atomic E-state index is -0.390. The van der Waals surface area contributed by atoms with Crippen LogP contribution in [-0.2, 0) is 0 Å². The molecule has 35 heavy (non-hydrogen) atoms. The Morgan fingerprint density at radius 3 is 2.26 bits per heavy atom. The number of pyridine rings is 1. The number of H-pyrrole nitrogens is 1. The Balaban J connectivity index is 1.58. The topological polar surface area (TPSA) is 124 Å². The molecule has 0 aliphatic carbocycles. The molecular weight excluding hydrogens is 452 g/mol.